The molecule has 0 aliphatic carbocycles. The molecule has 0 saturated heterocycles. The van der Waals surface area contributed by atoms with E-state index in [-0.39, 0.29) is 19.9 Å². The van der Waals surface area contributed by atoms with Gasteiger partial charge in [-0.3, -0.25) is 14.4 Å². The largest absolute Gasteiger partial charge is 0.483 e. The lowest BCUT2D eigenvalue weighted by molar-refractivity contribution is -0.139. The number of benzene rings is 3. The fourth-order valence-corrected chi connectivity index (χ4v) is 3.46. The number of nitrogens with one attached hydrogen (secondary N) is 3. The zero-order valence-corrected chi connectivity index (χ0v) is 20.6. The molecule has 1 aliphatic rings. The lowest BCUT2D eigenvalue weighted by Gasteiger charge is -2.10. The highest BCUT2D eigenvalue weighted by Crippen LogP contribution is 2.32. The van der Waals surface area contributed by atoms with E-state index in [2.05, 4.69) is 21.2 Å². The van der Waals surface area contributed by atoms with E-state index in [0.717, 1.165) is 5.56 Å². The molecule has 3 amide bonds. The molecule has 0 aromatic heterocycles. The van der Waals surface area contributed by atoms with E-state index in [1.807, 2.05) is 0 Å². The second-order valence-corrected chi connectivity index (χ2v) is 8.39. The van der Waals surface area contributed by atoms with E-state index in [9.17, 15) is 14.4 Å². The molecule has 37 heavy (non-hydrogen) atoms. The van der Waals surface area contributed by atoms with Gasteiger partial charge in [0.15, 0.2) is 18.1 Å². The van der Waals surface area contributed by atoms with Crippen molar-refractivity contribution in [1.82, 2.24) is 10.7 Å². The van der Waals surface area contributed by atoms with Crippen molar-refractivity contribution in [2.24, 2.45) is 5.10 Å². The van der Waals surface area contributed by atoms with Gasteiger partial charge in [-0.2, -0.15) is 5.10 Å². The number of hydrazone groups is 1. The summed E-state index contributed by atoms with van der Waals surface area (Å²) < 4.78 is 16.1. The van der Waals surface area contributed by atoms with E-state index in [0.29, 0.717) is 38.5 Å². The van der Waals surface area contributed by atoms with Crippen molar-refractivity contribution in [2.75, 3.05) is 18.7 Å². The van der Waals surface area contributed by atoms with Gasteiger partial charge < -0.3 is 24.8 Å². The molecule has 3 N–H and O–H groups in total. The summed E-state index contributed by atoms with van der Waals surface area (Å²) in [7, 11) is 0. The SMILES string of the molecule is O=C(COc1ccccc1/C=N\NC(=O)C(=O)NCc1ccc2c(c1)OCO2)Nc1ccc(Cl)c(Cl)c1. The van der Waals surface area contributed by atoms with Crippen molar-refractivity contribution in [1.29, 1.82) is 0 Å². The maximum absolute atomic E-state index is 12.2. The van der Waals surface area contributed by atoms with Crippen molar-refractivity contribution in [3.8, 4) is 17.2 Å². The van der Waals surface area contributed by atoms with Gasteiger partial charge in [0.25, 0.3) is 5.91 Å². The van der Waals surface area contributed by atoms with Crippen LogP contribution in [-0.4, -0.2) is 37.3 Å². The third-order valence-electron chi connectivity index (χ3n) is 4.95. The number of rotatable bonds is 8. The van der Waals surface area contributed by atoms with Crippen LogP contribution in [0, 0.1) is 0 Å². The minimum absolute atomic E-state index is 0.119. The number of hydrogen-bond donors (Lipinski definition) is 3. The van der Waals surface area contributed by atoms with Gasteiger partial charge in [-0.15, -0.1) is 0 Å². The molecular weight excluding hydrogens is 523 g/mol. The zero-order valence-electron chi connectivity index (χ0n) is 19.1. The van der Waals surface area contributed by atoms with Gasteiger partial charge in [-0.1, -0.05) is 41.4 Å². The Hall–Kier alpha value is -4.28. The maximum Gasteiger partial charge on any atom is 0.329 e. The molecule has 1 aliphatic heterocycles. The fourth-order valence-electron chi connectivity index (χ4n) is 3.16. The Morgan fingerprint density at radius 1 is 0.946 bits per heavy atom. The normalized spacial score (nSPS) is 11.7. The molecule has 10 nitrogen and oxygen atoms in total. The number of nitrogens with zero attached hydrogens (tertiary/aromatic N) is 1. The number of carbonyl (C=O) groups is 3. The number of anilines is 1. The van der Waals surface area contributed by atoms with Crippen LogP contribution in [0.2, 0.25) is 10.0 Å². The van der Waals surface area contributed by atoms with Crippen LogP contribution in [0.4, 0.5) is 5.69 Å². The maximum atomic E-state index is 12.2. The van der Waals surface area contributed by atoms with Crippen molar-refractivity contribution in [3.63, 3.8) is 0 Å². The second kappa shape index (κ2) is 12.1. The Labute approximate surface area is 221 Å². The van der Waals surface area contributed by atoms with E-state index in [1.54, 1.807) is 54.6 Å². The first-order chi connectivity index (χ1) is 17.9. The van der Waals surface area contributed by atoms with Crippen molar-refractivity contribution >= 4 is 52.8 Å². The molecule has 0 atom stereocenters. The first-order valence-corrected chi connectivity index (χ1v) is 11.6. The van der Waals surface area contributed by atoms with Crippen LogP contribution in [0.25, 0.3) is 0 Å². The first-order valence-electron chi connectivity index (χ1n) is 10.9. The van der Waals surface area contributed by atoms with Crippen LogP contribution in [0.15, 0.2) is 65.8 Å². The van der Waals surface area contributed by atoms with E-state index >= 15 is 0 Å². The van der Waals surface area contributed by atoms with Crippen LogP contribution in [-0.2, 0) is 20.9 Å². The van der Waals surface area contributed by atoms with Gasteiger partial charge in [0.1, 0.15) is 5.75 Å². The van der Waals surface area contributed by atoms with Gasteiger partial charge >= 0.3 is 11.8 Å². The fraction of sp³-hybridized carbons (Fsp3) is 0.120. The minimum Gasteiger partial charge on any atom is -0.483 e. The highest BCUT2D eigenvalue weighted by molar-refractivity contribution is 6.42. The molecule has 0 unspecified atom stereocenters. The van der Waals surface area contributed by atoms with Crippen LogP contribution >= 0.6 is 23.2 Å². The van der Waals surface area contributed by atoms with E-state index < -0.39 is 17.7 Å². The number of carbonyl (C=O) groups excluding carboxylic acids is 3. The number of fused-ring (bicyclic) bond motifs is 1. The van der Waals surface area contributed by atoms with E-state index in [4.69, 9.17) is 37.4 Å². The van der Waals surface area contributed by atoms with E-state index in [1.165, 1.54) is 12.3 Å². The van der Waals surface area contributed by atoms with Crippen LogP contribution in [0.1, 0.15) is 11.1 Å². The predicted molar refractivity (Wildman–Crippen MR) is 137 cm³/mol. The van der Waals surface area contributed by atoms with Crippen molar-refractivity contribution in [3.05, 3.63) is 81.8 Å². The number of amides is 3. The zero-order chi connectivity index (χ0) is 26.2. The lowest BCUT2D eigenvalue weighted by Crippen LogP contribution is -2.37. The topological polar surface area (TPSA) is 127 Å². The Bertz CT molecular complexity index is 1360. The minimum atomic E-state index is -0.948. The van der Waals surface area contributed by atoms with Crippen LogP contribution in [0.3, 0.4) is 0 Å². The quantitative estimate of drug-likeness (QED) is 0.227. The Balaban J connectivity index is 1.25. The molecule has 12 heteroatoms. The third-order valence-corrected chi connectivity index (χ3v) is 5.69. The molecule has 1 heterocycles. The third kappa shape index (κ3) is 7.12. The molecule has 0 spiro atoms. The molecular formula is C25H20Cl2N4O6. The number of ether oxygens (including phenoxy) is 3. The summed E-state index contributed by atoms with van der Waals surface area (Å²) in [6.07, 6.45) is 1.30. The Morgan fingerprint density at radius 3 is 2.59 bits per heavy atom. The smallest absolute Gasteiger partial charge is 0.329 e. The highest BCUT2D eigenvalue weighted by Gasteiger charge is 2.16. The number of hydrogen-bond acceptors (Lipinski definition) is 7. The summed E-state index contributed by atoms with van der Waals surface area (Å²) in [6, 6.07) is 16.6. The number of halogens is 2. The van der Waals surface area contributed by atoms with Gasteiger partial charge in [0.2, 0.25) is 6.79 Å². The summed E-state index contributed by atoms with van der Waals surface area (Å²) >= 11 is 11.8. The molecule has 0 fully saturated rings. The molecule has 3 aromatic rings. The molecule has 190 valence electrons. The van der Waals surface area contributed by atoms with Crippen molar-refractivity contribution in [2.45, 2.75) is 6.54 Å². The lowest BCUT2D eigenvalue weighted by atomic mass is 10.2. The Kier molecular flexibility index (Phi) is 8.44. The summed E-state index contributed by atoms with van der Waals surface area (Å²) in [5.74, 6) is -0.684. The Morgan fingerprint density at radius 2 is 1.76 bits per heavy atom. The standard InChI is InChI=1S/C25H20Cl2N4O6/c26-18-7-6-17(10-19(18)27)30-23(32)13-35-20-4-2-1-3-16(20)12-29-31-25(34)24(33)28-11-15-5-8-21-22(9-15)37-14-36-21/h1-10,12H,11,13-14H2,(H,28,33)(H,30,32)(H,31,34)/b29-12-. The summed E-state index contributed by atoms with van der Waals surface area (Å²) in [4.78, 5) is 36.4. The monoisotopic (exact) mass is 542 g/mol. The first kappa shape index (κ1) is 25.8. The van der Waals surface area contributed by atoms with Gasteiger partial charge in [0, 0.05) is 17.8 Å². The highest BCUT2D eigenvalue weighted by atomic mass is 35.5. The molecule has 0 radical (unpaired) electrons. The van der Waals surface area contributed by atoms with Crippen LogP contribution in [0.5, 0.6) is 17.2 Å². The molecule has 4 rings (SSSR count). The molecule has 3 aromatic carbocycles. The van der Waals surface area contributed by atoms with Gasteiger partial charge in [0.05, 0.1) is 16.3 Å². The predicted octanol–water partition coefficient (Wildman–Crippen LogP) is 3.51. The molecule has 0 saturated carbocycles. The van der Waals surface area contributed by atoms with Gasteiger partial charge in [-0.05, 0) is 48.0 Å². The second-order valence-electron chi connectivity index (χ2n) is 7.57. The summed E-state index contributed by atoms with van der Waals surface area (Å²) in [6.45, 7) is -0.0288. The van der Waals surface area contributed by atoms with Crippen LogP contribution < -0.4 is 30.3 Å². The average Bonchev–Trinajstić information content (AvgIpc) is 3.37. The van der Waals surface area contributed by atoms with Gasteiger partial charge in [-0.25, -0.2) is 5.43 Å². The molecule has 0 bridgehead atoms. The average molecular weight is 543 g/mol. The summed E-state index contributed by atoms with van der Waals surface area (Å²) in [5, 5.41) is 9.65. The number of para-hydroxylation sites is 1. The van der Waals surface area contributed by atoms with Crippen molar-refractivity contribution < 1.29 is 28.6 Å². The summed E-state index contributed by atoms with van der Waals surface area (Å²) in [5.41, 5.74) is 3.85.